The summed E-state index contributed by atoms with van der Waals surface area (Å²) < 4.78 is 22.0. The van der Waals surface area contributed by atoms with Gasteiger partial charge in [-0.05, 0) is 45.4 Å². The van der Waals surface area contributed by atoms with Gasteiger partial charge in [0.15, 0.2) is 6.29 Å². The summed E-state index contributed by atoms with van der Waals surface area (Å²) in [5.41, 5.74) is 0. The second-order valence-electron chi connectivity index (χ2n) is 6.57. The van der Waals surface area contributed by atoms with Gasteiger partial charge in [-0.15, -0.1) is 0 Å². The van der Waals surface area contributed by atoms with Gasteiger partial charge in [0, 0.05) is 29.5 Å². The molecule has 0 N–H and O–H groups in total. The van der Waals surface area contributed by atoms with Crippen molar-refractivity contribution in [1.82, 2.24) is 0 Å². The molecular weight excluding hydrogens is 439 g/mol. The third-order valence-electron chi connectivity index (χ3n) is 4.63. The Labute approximate surface area is 163 Å². The fourth-order valence-corrected chi connectivity index (χ4v) is 4.34. The summed E-state index contributed by atoms with van der Waals surface area (Å²) >= 11 is 2.34. The molecule has 6 nitrogen and oxygen atoms in total. The Bertz CT molecular complexity index is 424. The number of hydrogen-bond acceptors (Lipinski definition) is 6. The predicted octanol–water partition coefficient (Wildman–Crippen LogP) is 3.39. The zero-order valence-electron chi connectivity index (χ0n) is 14.9. The molecule has 2 heterocycles. The molecule has 2 aliphatic rings. The van der Waals surface area contributed by atoms with Crippen LogP contribution in [0.5, 0.6) is 0 Å². The Morgan fingerprint density at radius 2 is 2.24 bits per heavy atom. The van der Waals surface area contributed by atoms with E-state index < -0.39 is 0 Å². The lowest BCUT2D eigenvalue weighted by atomic mass is 9.92. The summed E-state index contributed by atoms with van der Waals surface area (Å²) in [5, 5.41) is 0. The van der Waals surface area contributed by atoms with E-state index >= 15 is 0 Å². The van der Waals surface area contributed by atoms with Gasteiger partial charge in [-0.3, -0.25) is 9.59 Å². The fraction of sp³-hybridized carbons (Fsp3) is 0.889. The molecule has 0 aromatic carbocycles. The maximum atomic E-state index is 11.7. The van der Waals surface area contributed by atoms with E-state index in [0.29, 0.717) is 32.5 Å². The number of cyclic esters (lactones) is 1. The van der Waals surface area contributed by atoms with E-state index in [9.17, 15) is 9.59 Å². The lowest BCUT2D eigenvalue weighted by Gasteiger charge is -2.24. The number of halogens is 1. The van der Waals surface area contributed by atoms with Crippen LogP contribution >= 0.6 is 22.6 Å². The van der Waals surface area contributed by atoms with E-state index in [0.717, 1.165) is 38.7 Å². The first-order chi connectivity index (χ1) is 12.1. The number of carbonyl (C=O) groups is 2. The topological polar surface area (TPSA) is 71.1 Å². The van der Waals surface area contributed by atoms with Gasteiger partial charge < -0.3 is 18.9 Å². The molecule has 0 saturated carbocycles. The first-order valence-corrected chi connectivity index (χ1v) is 10.6. The van der Waals surface area contributed by atoms with Gasteiger partial charge in [-0.25, -0.2) is 0 Å². The van der Waals surface area contributed by atoms with Crippen molar-refractivity contribution in [3.63, 3.8) is 0 Å². The van der Waals surface area contributed by atoms with Gasteiger partial charge in [-0.2, -0.15) is 0 Å². The van der Waals surface area contributed by atoms with Crippen LogP contribution in [-0.4, -0.2) is 48.1 Å². The molecular formula is C18H29IO6. The lowest BCUT2D eigenvalue weighted by molar-refractivity contribution is -0.164. The molecule has 0 radical (unpaired) electrons. The average Bonchev–Trinajstić information content (AvgIpc) is 2.98. The molecule has 2 saturated heterocycles. The highest BCUT2D eigenvalue weighted by Crippen LogP contribution is 2.34. The van der Waals surface area contributed by atoms with Crippen LogP contribution < -0.4 is 0 Å². The molecule has 0 aliphatic carbocycles. The monoisotopic (exact) mass is 468 g/mol. The molecule has 0 aromatic heterocycles. The third kappa shape index (κ3) is 7.38. The minimum Gasteiger partial charge on any atom is -0.466 e. The van der Waals surface area contributed by atoms with E-state index in [2.05, 4.69) is 22.6 Å². The molecule has 0 bridgehead atoms. The third-order valence-corrected chi connectivity index (χ3v) is 6.18. The van der Waals surface area contributed by atoms with E-state index in [1.807, 2.05) is 0 Å². The van der Waals surface area contributed by atoms with Gasteiger partial charge in [-0.1, -0.05) is 22.6 Å². The van der Waals surface area contributed by atoms with Crippen LogP contribution in [0.3, 0.4) is 0 Å². The van der Waals surface area contributed by atoms with Crippen molar-refractivity contribution in [3.05, 3.63) is 0 Å². The first kappa shape index (κ1) is 20.9. The van der Waals surface area contributed by atoms with Crippen LogP contribution in [0.4, 0.5) is 0 Å². The Morgan fingerprint density at radius 1 is 1.40 bits per heavy atom. The van der Waals surface area contributed by atoms with Crippen LogP contribution in [0.15, 0.2) is 0 Å². The molecule has 7 heteroatoms. The molecule has 4 atom stereocenters. The second-order valence-corrected chi connectivity index (χ2v) is 8.17. The Kier molecular flexibility index (Phi) is 9.47. The largest absolute Gasteiger partial charge is 0.466 e. The molecule has 25 heavy (non-hydrogen) atoms. The van der Waals surface area contributed by atoms with Crippen molar-refractivity contribution in [2.75, 3.05) is 19.8 Å². The van der Waals surface area contributed by atoms with Crippen molar-refractivity contribution in [1.29, 1.82) is 0 Å². The summed E-state index contributed by atoms with van der Waals surface area (Å²) in [6.45, 7) is 3.62. The number of alkyl halides is 1. The minimum atomic E-state index is -0.174. The molecule has 144 valence electrons. The van der Waals surface area contributed by atoms with Gasteiger partial charge in [0.1, 0.15) is 6.10 Å². The number of ether oxygens (including phenoxy) is 4. The molecule has 0 amide bonds. The second kappa shape index (κ2) is 11.3. The molecule has 2 aliphatic heterocycles. The standard InChI is InChI=1S/C18H29IO6/c1-2-22-16(20)9-8-14(19)13-12-17(21)25-15(13)6-5-11-24-18-7-3-4-10-23-18/h13-15,18H,2-12H2,1H3/t13-,14-,15-,18?/m1/s1. The van der Waals surface area contributed by atoms with Crippen LogP contribution in [0.2, 0.25) is 0 Å². The van der Waals surface area contributed by atoms with Crippen LogP contribution in [0, 0.1) is 5.92 Å². The zero-order chi connectivity index (χ0) is 18.1. The zero-order valence-corrected chi connectivity index (χ0v) is 17.1. The highest BCUT2D eigenvalue weighted by molar-refractivity contribution is 14.1. The predicted molar refractivity (Wildman–Crippen MR) is 100 cm³/mol. The van der Waals surface area contributed by atoms with Crippen LogP contribution in [-0.2, 0) is 28.5 Å². The smallest absolute Gasteiger partial charge is 0.306 e. The highest BCUT2D eigenvalue weighted by atomic mass is 127. The fourth-order valence-electron chi connectivity index (χ4n) is 3.31. The minimum absolute atomic E-state index is 0.0717. The van der Waals surface area contributed by atoms with E-state index in [4.69, 9.17) is 18.9 Å². The van der Waals surface area contributed by atoms with Crippen molar-refractivity contribution in [2.24, 2.45) is 5.92 Å². The van der Waals surface area contributed by atoms with Gasteiger partial charge in [0.2, 0.25) is 0 Å². The number of esters is 2. The molecule has 0 aromatic rings. The SMILES string of the molecule is CCOC(=O)CC[C@@H](I)[C@H]1CC(=O)O[C@@H]1CCCOC1CCCCO1. The number of rotatable bonds is 10. The van der Waals surface area contributed by atoms with E-state index in [1.165, 1.54) is 0 Å². The maximum Gasteiger partial charge on any atom is 0.306 e. The normalized spacial score (nSPS) is 27.8. The summed E-state index contributed by atoms with van der Waals surface area (Å²) in [7, 11) is 0. The van der Waals surface area contributed by atoms with Crippen molar-refractivity contribution < 1.29 is 28.5 Å². The van der Waals surface area contributed by atoms with Crippen molar-refractivity contribution in [2.45, 2.75) is 74.6 Å². The van der Waals surface area contributed by atoms with Crippen molar-refractivity contribution >= 4 is 34.5 Å². The Morgan fingerprint density at radius 3 is 2.96 bits per heavy atom. The number of hydrogen-bond donors (Lipinski definition) is 0. The quantitative estimate of drug-likeness (QED) is 0.212. The van der Waals surface area contributed by atoms with Gasteiger partial charge >= 0.3 is 11.9 Å². The molecule has 2 rings (SSSR count). The molecule has 2 fully saturated rings. The van der Waals surface area contributed by atoms with E-state index in [-0.39, 0.29) is 34.2 Å². The van der Waals surface area contributed by atoms with E-state index in [1.54, 1.807) is 6.92 Å². The highest BCUT2D eigenvalue weighted by Gasteiger charge is 2.38. The summed E-state index contributed by atoms with van der Waals surface area (Å²) in [4.78, 5) is 23.2. The Balaban J connectivity index is 1.68. The van der Waals surface area contributed by atoms with Crippen molar-refractivity contribution in [3.8, 4) is 0 Å². The van der Waals surface area contributed by atoms with Crippen LogP contribution in [0.1, 0.15) is 58.3 Å². The molecule has 1 unspecified atom stereocenters. The van der Waals surface area contributed by atoms with Crippen LogP contribution in [0.25, 0.3) is 0 Å². The summed E-state index contributed by atoms with van der Waals surface area (Å²) in [6, 6.07) is 0. The lowest BCUT2D eigenvalue weighted by Crippen LogP contribution is -2.26. The molecule has 0 spiro atoms. The Hall–Kier alpha value is -0.410. The van der Waals surface area contributed by atoms with Gasteiger partial charge in [0.25, 0.3) is 0 Å². The van der Waals surface area contributed by atoms with Gasteiger partial charge in [0.05, 0.1) is 13.0 Å². The summed E-state index contributed by atoms with van der Waals surface area (Å²) in [5.74, 6) is -0.148. The average molecular weight is 468 g/mol. The maximum absolute atomic E-state index is 11.7. The first-order valence-electron chi connectivity index (χ1n) is 9.32. The summed E-state index contributed by atoms with van der Waals surface area (Å²) in [6.07, 6.45) is 6.26. The number of carbonyl (C=O) groups excluding carboxylic acids is 2.